The fourth-order valence-corrected chi connectivity index (χ4v) is 2.72. The van der Waals surface area contributed by atoms with Crippen molar-refractivity contribution in [3.8, 4) is 0 Å². The SMILES string of the molecule is N[C@@H]1CN(C(=O)c2cccnc2)C[C@H]1c1ccccc1. The second-order valence-corrected chi connectivity index (χ2v) is 5.13. The molecule has 102 valence electrons. The molecule has 1 fully saturated rings. The molecule has 1 aromatic heterocycles. The van der Waals surface area contributed by atoms with E-state index in [1.165, 1.54) is 5.56 Å². The molecule has 1 aliphatic rings. The van der Waals surface area contributed by atoms with Crippen molar-refractivity contribution in [2.45, 2.75) is 12.0 Å². The van der Waals surface area contributed by atoms with Crippen LogP contribution in [-0.4, -0.2) is 34.9 Å². The maximum Gasteiger partial charge on any atom is 0.255 e. The number of nitrogens with two attached hydrogens (primary N) is 1. The average molecular weight is 267 g/mol. The minimum absolute atomic E-state index is 0.00646. The van der Waals surface area contributed by atoms with E-state index in [0.29, 0.717) is 18.7 Å². The fraction of sp³-hybridized carbons (Fsp3) is 0.250. The Morgan fingerprint density at radius 3 is 2.65 bits per heavy atom. The van der Waals surface area contributed by atoms with E-state index in [9.17, 15) is 4.79 Å². The first kappa shape index (κ1) is 12.8. The molecular formula is C16H17N3O. The average Bonchev–Trinajstić information content (AvgIpc) is 2.90. The van der Waals surface area contributed by atoms with Crippen LogP contribution in [0.5, 0.6) is 0 Å². The highest BCUT2D eigenvalue weighted by molar-refractivity contribution is 5.94. The van der Waals surface area contributed by atoms with Crippen molar-refractivity contribution in [1.82, 2.24) is 9.88 Å². The Balaban J connectivity index is 1.77. The van der Waals surface area contributed by atoms with Crippen molar-refractivity contribution < 1.29 is 4.79 Å². The zero-order valence-corrected chi connectivity index (χ0v) is 11.1. The summed E-state index contributed by atoms with van der Waals surface area (Å²) in [6, 6.07) is 13.7. The summed E-state index contributed by atoms with van der Waals surface area (Å²) in [5, 5.41) is 0. The number of carbonyl (C=O) groups is 1. The third-order valence-corrected chi connectivity index (χ3v) is 3.79. The van der Waals surface area contributed by atoms with Crippen molar-refractivity contribution >= 4 is 5.91 Å². The molecule has 4 nitrogen and oxygen atoms in total. The fourth-order valence-electron chi connectivity index (χ4n) is 2.72. The molecule has 20 heavy (non-hydrogen) atoms. The molecule has 4 heteroatoms. The second-order valence-electron chi connectivity index (χ2n) is 5.13. The van der Waals surface area contributed by atoms with E-state index in [2.05, 4.69) is 17.1 Å². The molecule has 1 saturated heterocycles. The number of pyridine rings is 1. The van der Waals surface area contributed by atoms with Crippen molar-refractivity contribution in [2.75, 3.05) is 13.1 Å². The van der Waals surface area contributed by atoms with Gasteiger partial charge in [0.15, 0.2) is 0 Å². The Kier molecular flexibility index (Phi) is 3.48. The van der Waals surface area contributed by atoms with Crippen LogP contribution in [-0.2, 0) is 0 Å². The Morgan fingerprint density at radius 2 is 1.95 bits per heavy atom. The smallest absolute Gasteiger partial charge is 0.255 e. The third kappa shape index (κ3) is 2.42. The molecule has 1 amide bonds. The van der Waals surface area contributed by atoms with Gasteiger partial charge in [-0.05, 0) is 17.7 Å². The van der Waals surface area contributed by atoms with Gasteiger partial charge in [0, 0.05) is 37.4 Å². The van der Waals surface area contributed by atoms with Gasteiger partial charge in [0.05, 0.1) is 5.56 Å². The van der Waals surface area contributed by atoms with Gasteiger partial charge in [-0.1, -0.05) is 30.3 Å². The highest BCUT2D eigenvalue weighted by Gasteiger charge is 2.34. The van der Waals surface area contributed by atoms with Gasteiger partial charge in [-0.15, -0.1) is 0 Å². The maximum atomic E-state index is 12.4. The largest absolute Gasteiger partial charge is 0.336 e. The Hall–Kier alpha value is -2.20. The number of likely N-dealkylation sites (tertiary alicyclic amines) is 1. The summed E-state index contributed by atoms with van der Waals surface area (Å²) < 4.78 is 0. The zero-order valence-electron chi connectivity index (χ0n) is 11.1. The van der Waals surface area contributed by atoms with E-state index in [1.54, 1.807) is 24.5 Å². The number of rotatable bonds is 2. The standard InChI is InChI=1S/C16H17N3O/c17-15-11-19(16(20)13-7-4-8-18-9-13)10-14(15)12-5-2-1-3-6-12/h1-9,14-15H,10-11,17H2/t14-,15+/m0/s1. The minimum atomic E-state index is -0.0157. The molecule has 2 heterocycles. The van der Waals surface area contributed by atoms with E-state index < -0.39 is 0 Å². The molecule has 0 aliphatic carbocycles. The molecule has 0 unspecified atom stereocenters. The summed E-state index contributed by atoms with van der Waals surface area (Å²) >= 11 is 0. The quantitative estimate of drug-likeness (QED) is 0.900. The summed E-state index contributed by atoms with van der Waals surface area (Å²) in [6.45, 7) is 1.26. The van der Waals surface area contributed by atoms with E-state index >= 15 is 0 Å². The lowest BCUT2D eigenvalue weighted by Gasteiger charge is -2.16. The molecule has 1 aliphatic heterocycles. The number of nitrogens with zero attached hydrogens (tertiary/aromatic N) is 2. The predicted molar refractivity (Wildman–Crippen MR) is 77.3 cm³/mol. The normalized spacial score (nSPS) is 21.9. The first-order valence-corrected chi connectivity index (χ1v) is 6.75. The second kappa shape index (κ2) is 5.43. The lowest BCUT2D eigenvalue weighted by molar-refractivity contribution is 0.0788. The summed E-state index contributed by atoms with van der Waals surface area (Å²) in [4.78, 5) is 18.2. The lowest BCUT2D eigenvalue weighted by atomic mass is 9.95. The van der Waals surface area contributed by atoms with Gasteiger partial charge >= 0.3 is 0 Å². The first-order chi connectivity index (χ1) is 9.75. The number of benzene rings is 1. The van der Waals surface area contributed by atoms with Crippen LogP contribution in [0, 0.1) is 0 Å². The lowest BCUT2D eigenvalue weighted by Crippen LogP contribution is -2.32. The zero-order chi connectivity index (χ0) is 13.9. The number of hydrogen-bond acceptors (Lipinski definition) is 3. The molecule has 0 saturated carbocycles. The topological polar surface area (TPSA) is 59.2 Å². The Labute approximate surface area is 118 Å². The van der Waals surface area contributed by atoms with Gasteiger partial charge in [0.2, 0.25) is 0 Å². The minimum Gasteiger partial charge on any atom is -0.336 e. The van der Waals surface area contributed by atoms with Gasteiger partial charge < -0.3 is 10.6 Å². The highest BCUT2D eigenvalue weighted by atomic mass is 16.2. The highest BCUT2D eigenvalue weighted by Crippen LogP contribution is 2.27. The molecule has 0 bridgehead atoms. The first-order valence-electron chi connectivity index (χ1n) is 6.75. The molecular weight excluding hydrogens is 250 g/mol. The van der Waals surface area contributed by atoms with Crippen LogP contribution in [0.2, 0.25) is 0 Å². The monoisotopic (exact) mass is 267 g/mol. The third-order valence-electron chi connectivity index (χ3n) is 3.79. The van der Waals surface area contributed by atoms with Crippen LogP contribution >= 0.6 is 0 Å². The van der Waals surface area contributed by atoms with Gasteiger partial charge in [-0.2, -0.15) is 0 Å². The van der Waals surface area contributed by atoms with Gasteiger partial charge in [-0.25, -0.2) is 0 Å². The molecule has 2 N–H and O–H groups in total. The van der Waals surface area contributed by atoms with Crippen LogP contribution in [0.4, 0.5) is 0 Å². The summed E-state index contributed by atoms with van der Waals surface area (Å²) in [6.07, 6.45) is 3.27. The predicted octanol–water partition coefficient (Wildman–Crippen LogP) is 1.65. The van der Waals surface area contributed by atoms with Crippen LogP contribution in [0.3, 0.4) is 0 Å². The molecule has 0 spiro atoms. The van der Waals surface area contributed by atoms with Crippen molar-refractivity contribution in [3.63, 3.8) is 0 Å². The van der Waals surface area contributed by atoms with E-state index in [1.807, 2.05) is 23.1 Å². The van der Waals surface area contributed by atoms with Crippen LogP contribution in [0.1, 0.15) is 21.8 Å². The maximum absolute atomic E-state index is 12.4. The van der Waals surface area contributed by atoms with Crippen LogP contribution < -0.4 is 5.73 Å². The van der Waals surface area contributed by atoms with Crippen LogP contribution in [0.25, 0.3) is 0 Å². The molecule has 1 aromatic carbocycles. The van der Waals surface area contributed by atoms with Gasteiger partial charge in [-0.3, -0.25) is 9.78 Å². The molecule has 0 radical (unpaired) electrons. The number of hydrogen-bond donors (Lipinski definition) is 1. The summed E-state index contributed by atoms with van der Waals surface area (Å²) in [7, 11) is 0. The summed E-state index contributed by atoms with van der Waals surface area (Å²) in [5.74, 6) is 0.212. The van der Waals surface area contributed by atoms with E-state index in [0.717, 1.165) is 0 Å². The van der Waals surface area contributed by atoms with Crippen molar-refractivity contribution in [3.05, 3.63) is 66.0 Å². The Morgan fingerprint density at radius 1 is 1.15 bits per heavy atom. The summed E-state index contributed by atoms with van der Waals surface area (Å²) in [5.41, 5.74) is 8.02. The Bertz CT molecular complexity index is 585. The van der Waals surface area contributed by atoms with E-state index in [4.69, 9.17) is 5.73 Å². The van der Waals surface area contributed by atoms with Crippen molar-refractivity contribution in [1.29, 1.82) is 0 Å². The number of carbonyl (C=O) groups excluding carboxylic acids is 1. The van der Waals surface area contributed by atoms with E-state index in [-0.39, 0.29) is 17.9 Å². The molecule has 2 aromatic rings. The van der Waals surface area contributed by atoms with Gasteiger partial charge in [0.1, 0.15) is 0 Å². The number of aromatic nitrogens is 1. The molecule has 2 atom stereocenters. The van der Waals surface area contributed by atoms with Crippen molar-refractivity contribution in [2.24, 2.45) is 5.73 Å². The van der Waals surface area contributed by atoms with Gasteiger partial charge in [0.25, 0.3) is 5.91 Å². The van der Waals surface area contributed by atoms with Crippen LogP contribution in [0.15, 0.2) is 54.9 Å². The number of amides is 1. The molecule has 3 rings (SSSR count).